The van der Waals surface area contributed by atoms with Crippen LogP contribution in [-0.4, -0.2) is 45.6 Å². The zero-order valence-corrected chi connectivity index (χ0v) is 23.0. The van der Waals surface area contributed by atoms with Crippen LogP contribution in [0.15, 0.2) is 71.6 Å². The van der Waals surface area contributed by atoms with E-state index in [4.69, 9.17) is 9.16 Å². The molecule has 2 aliphatic rings. The van der Waals surface area contributed by atoms with E-state index in [1.165, 1.54) is 12.1 Å². The summed E-state index contributed by atoms with van der Waals surface area (Å²) in [5.41, 5.74) is -0.0963. The lowest BCUT2D eigenvalue weighted by Gasteiger charge is -2.50. The number of carbonyl (C=O) groups excluding carboxylic acids is 2. The van der Waals surface area contributed by atoms with Gasteiger partial charge >= 0.3 is 5.97 Å². The lowest BCUT2D eigenvalue weighted by Crippen LogP contribution is -2.66. The summed E-state index contributed by atoms with van der Waals surface area (Å²) >= 11 is 0. The molecule has 1 aliphatic heterocycles. The van der Waals surface area contributed by atoms with Crippen molar-refractivity contribution in [3.63, 3.8) is 0 Å². The van der Waals surface area contributed by atoms with Crippen LogP contribution in [0.4, 0.5) is 0 Å². The summed E-state index contributed by atoms with van der Waals surface area (Å²) in [7, 11) is -6.42. The molecule has 0 saturated carbocycles. The van der Waals surface area contributed by atoms with Crippen molar-refractivity contribution >= 4 is 30.2 Å². The molecule has 7 nitrogen and oxygen atoms in total. The molecule has 2 aromatic rings. The number of fused-ring (bicyclic) bond motifs is 1. The quantitative estimate of drug-likeness (QED) is 0.229. The van der Waals surface area contributed by atoms with Gasteiger partial charge in [0, 0.05) is 6.54 Å². The van der Waals surface area contributed by atoms with Gasteiger partial charge in [0.05, 0.1) is 11.0 Å². The summed E-state index contributed by atoms with van der Waals surface area (Å²) in [6, 6.07) is 15.6. The minimum atomic E-state index is -4.18. The Morgan fingerprint density at radius 3 is 2.39 bits per heavy atom. The van der Waals surface area contributed by atoms with E-state index in [2.05, 4.69) is 0 Å². The van der Waals surface area contributed by atoms with Gasteiger partial charge in [0.1, 0.15) is 6.61 Å². The van der Waals surface area contributed by atoms with Crippen molar-refractivity contribution in [2.45, 2.75) is 57.0 Å². The number of aryl methyl sites for hydroxylation is 1. The SMILES string of the molecule is Cc1ccc(S(=O)(=O)N2CC[C@@H]3CC=C[C@@H](O[Si](C)(C)C)[C@]3(C(=O)OCc3ccccc3)C2=O)cc1. The van der Waals surface area contributed by atoms with Crippen LogP contribution < -0.4 is 0 Å². The highest BCUT2D eigenvalue weighted by Crippen LogP contribution is 2.49. The maximum Gasteiger partial charge on any atom is 0.325 e. The second-order valence-corrected chi connectivity index (χ2v) is 16.7. The molecule has 1 aliphatic carbocycles. The normalized spacial score (nSPS) is 24.3. The first-order valence-electron chi connectivity index (χ1n) is 12.2. The molecule has 9 heteroatoms. The van der Waals surface area contributed by atoms with Crippen LogP contribution in [0.1, 0.15) is 24.0 Å². The zero-order chi connectivity index (χ0) is 26.1. The average Bonchev–Trinajstić information content (AvgIpc) is 2.82. The van der Waals surface area contributed by atoms with Crippen molar-refractivity contribution < 1.29 is 27.2 Å². The van der Waals surface area contributed by atoms with Gasteiger partial charge in [-0.05, 0) is 63.0 Å². The van der Waals surface area contributed by atoms with Gasteiger partial charge in [0.15, 0.2) is 13.7 Å². The Kier molecular flexibility index (Phi) is 7.27. The van der Waals surface area contributed by atoms with Gasteiger partial charge in [0.25, 0.3) is 15.9 Å². The number of ether oxygens (including phenoxy) is 1. The number of carbonyl (C=O) groups is 2. The second-order valence-electron chi connectivity index (χ2n) is 10.4. The van der Waals surface area contributed by atoms with E-state index in [0.717, 1.165) is 15.4 Å². The first kappa shape index (κ1) is 26.3. The monoisotopic (exact) mass is 527 g/mol. The van der Waals surface area contributed by atoms with Crippen LogP contribution in [0, 0.1) is 18.3 Å². The third kappa shape index (κ3) is 4.92. The molecule has 0 radical (unpaired) electrons. The molecule has 0 unspecified atom stereocenters. The fourth-order valence-electron chi connectivity index (χ4n) is 4.95. The highest BCUT2D eigenvalue weighted by molar-refractivity contribution is 7.89. The Labute approximate surface area is 214 Å². The lowest BCUT2D eigenvalue weighted by molar-refractivity contribution is -0.180. The number of nitrogens with zero attached hydrogens (tertiary/aromatic N) is 1. The van der Waals surface area contributed by atoms with E-state index in [1.807, 2.05) is 63.0 Å². The molecule has 192 valence electrons. The van der Waals surface area contributed by atoms with Gasteiger partial charge < -0.3 is 9.16 Å². The standard InChI is InChI=1S/C27H33NO6SSi/c1-20-13-15-23(16-14-20)35(31,32)28-18-17-22-11-8-12-24(34-36(2,3)4)27(22,25(28)29)26(30)33-19-21-9-6-5-7-10-21/h5-10,12-16,22,24H,11,17-19H2,1-4H3/t22-,24+,27-/m0/s1. The average molecular weight is 528 g/mol. The van der Waals surface area contributed by atoms with E-state index in [9.17, 15) is 18.0 Å². The highest BCUT2D eigenvalue weighted by atomic mass is 32.2. The number of rotatable bonds is 7. The number of benzene rings is 2. The smallest absolute Gasteiger partial charge is 0.325 e. The predicted octanol–water partition coefficient (Wildman–Crippen LogP) is 4.44. The highest BCUT2D eigenvalue weighted by Gasteiger charge is 2.64. The minimum absolute atomic E-state index is 0.000924. The number of sulfonamides is 1. The van der Waals surface area contributed by atoms with E-state index in [0.29, 0.717) is 12.8 Å². The summed E-state index contributed by atoms with van der Waals surface area (Å²) in [5, 5.41) is 0. The molecule has 36 heavy (non-hydrogen) atoms. The van der Waals surface area contributed by atoms with Crippen LogP contribution in [0.25, 0.3) is 0 Å². The number of hydrogen-bond acceptors (Lipinski definition) is 6. The van der Waals surface area contributed by atoms with Crippen molar-refractivity contribution in [3.8, 4) is 0 Å². The van der Waals surface area contributed by atoms with Gasteiger partial charge in [-0.15, -0.1) is 0 Å². The summed E-state index contributed by atoms with van der Waals surface area (Å²) in [4.78, 5) is 28.2. The molecule has 1 heterocycles. The van der Waals surface area contributed by atoms with E-state index >= 15 is 0 Å². The summed E-state index contributed by atoms with van der Waals surface area (Å²) < 4.78 is 40.2. The largest absolute Gasteiger partial charge is 0.460 e. The number of hydrogen-bond donors (Lipinski definition) is 0. The molecular formula is C27H33NO6SSi. The van der Waals surface area contributed by atoms with Crippen molar-refractivity contribution in [2.75, 3.05) is 6.54 Å². The third-order valence-corrected chi connectivity index (χ3v) is 9.48. The first-order chi connectivity index (χ1) is 17.0. The Hall–Kier alpha value is -2.75. The van der Waals surface area contributed by atoms with Crippen LogP contribution >= 0.6 is 0 Å². The number of esters is 1. The van der Waals surface area contributed by atoms with Crippen molar-refractivity contribution in [2.24, 2.45) is 11.3 Å². The van der Waals surface area contributed by atoms with Gasteiger partial charge in [-0.25, -0.2) is 12.7 Å². The van der Waals surface area contributed by atoms with Crippen molar-refractivity contribution in [3.05, 3.63) is 77.9 Å². The number of allylic oxidation sites excluding steroid dienone is 1. The van der Waals surface area contributed by atoms with Crippen LogP contribution in [0.2, 0.25) is 19.6 Å². The third-order valence-electron chi connectivity index (χ3n) is 6.73. The first-order valence-corrected chi connectivity index (χ1v) is 17.0. The topological polar surface area (TPSA) is 90.0 Å². The molecule has 0 spiro atoms. The fraction of sp³-hybridized carbons (Fsp3) is 0.407. The van der Waals surface area contributed by atoms with E-state index < -0.39 is 47.7 Å². The molecule has 3 atom stereocenters. The van der Waals surface area contributed by atoms with Crippen LogP contribution in [0.3, 0.4) is 0 Å². The number of amides is 1. The fourth-order valence-corrected chi connectivity index (χ4v) is 7.43. The van der Waals surface area contributed by atoms with Gasteiger partial charge in [-0.3, -0.25) is 9.59 Å². The molecule has 1 fully saturated rings. The van der Waals surface area contributed by atoms with Gasteiger partial charge in [-0.1, -0.05) is 60.2 Å². The molecular weight excluding hydrogens is 494 g/mol. The number of piperidine rings is 1. The molecule has 4 rings (SSSR count). The molecule has 1 amide bonds. The Bertz CT molecular complexity index is 1250. The summed E-state index contributed by atoms with van der Waals surface area (Å²) in [6.45, 7) is 7.76. The maximum atomic E-state index is 14.3. The van der Waals surface area contributed by atoms with Crippen LogP contribution in [-0.2, 0) is 35.4 Å². The lowest BCUT2D eigenvalue weighted by atomic mass is 9.63. The van der Waals surface area contributed by atoms with Crippen molar-refractivity contribution in [1.82, 2.24) is 4.31 Å². The van der Waals surface area contributed by atoms with Gasteiger partial charge in [0.2, 0.25) is 0 Å². The molecule has 0 aromatic heterocycles. The van der Waals surface area contributed by atoms with Crippen LogP contribution in [0.5, 0.6) is 0 Å². The molecule has 0 bridgehead atoms. The Morgan fingerprint density at radius 1 is 1.08 bits per heavy atom. The molecule has 2 aromatic carbocycles. The Balaban J connectivity index is 1.77. The summed E-state index contributed by atoms with van der Waals surface area (Å²) in [6.07, 6.45) is 3.56. The molecule has 1 saturated heterocycles. The van der Waals surface area contributed by atoms with E-state index in [1.54, 1.807) is 18.2 Å². The van der Waals surface area contributed by atoms with E-state index in [-0.39, 0.29) is 18.0 Å². The maximum absolute atomic E-state index is 14.3. The Morgan fingerprint density at radius 2 is 1.75 bits per heavy atom. The zero-order valence-electron chi connectivity index (χ0n) is 21.1. The predicted molar refractivity (Wildman–Crippen MR) is 139 cm³/mol. The molecule has 0 N–H and O–H groups in total. The summed E-state index contributed by atoms with van der Waals surface area (Å²) in [5.74, 6) is -1.94. The minimum Gasteiger partial charge on any atom is -0.460 e. The second kappa shape index (κ2) is 9.95. The van der Waals surface area contributed by atoms with Crippen molar-refractivity contribution in [1.29, 1.82) is 0 Å². The van der Waals surface area contributed by atoms with Gasteiger partial charge in [-0.2, -0.15) is 0 Å².